The van der Waals surface area contributed by atoms with Crippen LogP contribution in [0, 0.1) is 5.92 Å². The summed E-state index contributed by atoms with van der Waals surface area (Å²) < 4.78 is 5.00. The molecule has 1 heterocycles. The summed E-state index contributed by atoms with van der Waals surface area (Å²) in [6.07, 6.45) is 4.54. The predicted molar refractivity (Wildman–Crippen MR) is 73.4 cm³/mol. The van der Waals surface area contributed by atoms with Gasteiger partial charge in [0.25, 0.3) is 0 Å². The lowest BCUT2D eigenvalue weighted by atomic mass is 10.2. The van der Waals surface area contributed by atoms with Gasteiger partial charge in [0.15, 0.2) is 0 Å². The van der Waals surface area contributed by atoms with Gasteiger partial charge in [0.05, 0.1) is 6.61 Å². The largest absolute Gasteiger partial charge is 0.462 e. The zero-order valence-corrected chi connectivity index (χ0v) is 11.3. The van der Waals surface area contributed by atoms with Crippen molar-refractivity contribution in [2.24, 2.45) is 5.92 Å². The third kappa shape index (κ3) is 6.35. The molecule has 0 saturated carbocycles. The maximum absolute atomic E-state index is 11.3. The summed E-state index contributed by atoms with van der Waals surface area (Å²) in [5.74, 6) is 0.246. The van der Waals surface area contributed by atoms with Gasteiger partial charge in [0, 0.05) is 19.2 Å². The molecule has 0 aliphatic heterocycles. The minimum atomic E-state index is -0.375. The maximum atomic E-state index is 11.3. The number of rotatable bonds is 5. The summed E-state index contributed by atoms with van der Waals surface area (Å²) in [5, 5.41) is 2.56. The lowest BCUT2D eigenvalue weighted by molar-refractivity contribution is -0.138. The van der Waals surface area contributed by atoms with Gasteiger partial charge >= 0.3 is 5.97 Å². The molecule has 19 heavy (non-hydrogen) atoms. The number of hydrogen-bond acceptors (Lipinski definition) is 4. The van der Waals surface area contributed by atoms with Crippen LogP contribution in [0.2, 0.25) is 0 Å². The van der Waals surface area contributed by atoms with E-state index in [-0.39, 0.29) is 11.9 Å². The van der Waals surface area contributed by atoms with Gasteiger partial charge in [-0.25, -0.2) is 9.78 Å². The molecule has 1 N–H and O–H groups in total. The lowest BCUT2D eigenvalue weighted by Gasteiger charge is -2.04. The van der Waals surface area contributed by atoms with Crippen LogP contribution in [0.3, 0.4) is 0 Å². The van der Waals surface area contributed by atoms with Crippen molar-refractivity contribution in [2.75, 3.05) is 11.9 Å². The van der Waals surface area contributed by atoms with E-state index in [0.717, 1.165) is 5.56 Å². The van der Waals surface area contributed by atoms with Crippen LogP contribution in [0.15, 0.2) is 24.4 Å². The quantitative estimate of drug-likeness (QED) is 0.652. The molecule has 0 spiro atoms. The van der Waals surface area contributed by atoms with Crippen LogP contribution in [-0.4, -0.2) is 23.5 Å². The van der Waals surface area contributed by atoms with Gasteiger partial charge in [0.2, 0.25) is 5.91 Å². The lowest BCUT2D eigenvalue weighted by Crippen LogP contribution is -2.07. The van der Waals surface area contributed by atoms with Crippen molar-refractivity contribution in [2.45, 2.75) is 20.8 Å². The molecule has 0 aliphatic rings. The molecule has 0 radical (unpaired) electrons. The molecule has 0 aliphatic carbocycles. The Morgan fingerprint density at radius 3 is 2.68 bits per heavy atom. The number of anilines is 1. The molecule has 1 rings (SSSR count). The van der Waals surface area contributed by atoms with Gasteiger partial charge < -0.3 is 10.1 Å². The van der Waals surface area contributed by atoms with E-state index in [4.69, 9.17) is 4.74 Å². The number of nitrogens with one attached hydrogen (secondary N) is 1. The van der Waals surface area contributed by atoms with Crippen molar-refractivity contribution < 1.29 is 14.3 Å². The number of pyridine rings is 1. The van der Waals surface area contributed by atoms with Crippen molar-refractivity contribution in [1.29, 1.82) is 0 Å². The first-order valence-electron chi connectivity index (χ1n) is 6.06. The second-order valence-electron chi connectivity index (χ2n) is 4.52. The number of ether oxygens (including phenoxy) is 1. The van der Waals surface area contributed by atoms with E-state index < -0.39 is 0 Å². The third-order valence-electron chi connectivity index (χ3n) is 2.06. The van der Waals surface area contributed by atoms with Gasteiger partial charge in [-0.15, -0.1) is 0 Å². The van der Waals surface area contributed by atoms with Crippen LogP contribution in [0.25, 0.3) is 6.08 Å². The predicted octanol–water partition coefficient (Wildman–Crippen LogP) is 2.25. The van der Waals surface area contributed by atoms with E-state index in [0.29, 0.717) is 18.3 Å². The van der Waals surface area contributed by atoms with Gasteiger partial charge in [-0.3, -0.25) is 4.79 Å². The molecule has 1 aromatic heterocycles. The van der Waals surface area contributed by atoms with Crippen LogP contribution in [0.1, 0.15) is 26.3 Å². The number of carbonyl (C=O) groups is 2. The highest BCUT2D eigenvalue weighted by molar-refractivity contribution is 5.88. The molecule has 0 fully saturated rings. The molecule has 0 atom stereocenters. The summed E-state index contributed by atoms with van der Waals surface area (Å²) in [5.41, 5.74) is 0.760. The second-order valence-corrected chi connectivity index (χ2v) is 4.52. The van der Waals surface area contributed by atoms with Crippen molar-refractivity contribution in [1.82, 2.24) is 4.98 Å². The highest BCUT2D eigenvalue weighted by Gasteiger charge is 2.00. The monoisotopic (exact) mass is 262 g/mol. The Labute approximate surface area is 112 Å². The Hall–Kier alpha value is -2.17. The molecule has 1 amide bonds. The van der Waals surface area contributed by atoms with Crippen molar-refractivity contribution in [3.8, 4) is 0 Å². The Balaban J connectivity index is 2.52. The summed E-state index contributed by atoms with van der Waals surface area (Å²) in [7, 11) is 0. The Morgan fingerprint density at radius 2 is 2.16 bits per heavy atom. The van der Waals surface area contributed by atoms with Gasteiger partial charge in [-0.1, -0.05) is 13.8 Å². The Kier molecular flexibility index (Phi) is 5.73. The van der Waals surface area contributed by atoms with E-state index in [9.17, 15) is 9.59 Å². The second kappa shape index (κ2) is 7.31. The Bertz CT molecular complexity index is 464. The van der Waals surface area contributed by atoms with Crippen molar-refractivity contribution in [3.63, 3.8) is 0 Å². The van der Waals surface area contributed by atoms with E-state index in [1.54, 1.807) is 24.4 Å². The molecular formula is C14H18N2O3. The van der Waals surface area contributed by atoms with Crippen LogP contribution >= 0.6 is 0 Å². The first kappa shape index (κ1) is 14.9. The molecule has 5 nitrogen and oxygen atoms in total. The van der Waals surface area contributed by atoms with Crippen LogP contribution in [0.4, 0.5) is 5.82 Å². The Morgan fingerprint density at radius 1 is 1.42 bits per heavy atom. The first-order chi connectivity index (χ1) is 8.97. The molecule has 1 aromatic rings. The molecule has 0 aromatic carbocycles. The zero-order valence-electron chi connectivity index (χ0n) is 11.3. The number of amides is 1. The highest BCUT2D eigenvalue weighted by Crippen LogP contribution is 2.06. The number of nitrogens with zero attached hydrogens (tertiary/aromatic N) is 1. The fraction of sp³-hybridized carbons (Fsp3) is 0.357. The number of carbonyl (C=O) groups excluding carboxylic acids is 2. The highest BCUT2D eigenvalue weighted by atomic mass is 16.5. The average molecular weight is 262 g/mol. The topological polar surface area (TPSA) is 68.3 Å². The standard InChI is InChI=1S/C14H18N2O3/c1-10(2)9-19-14(18)7-5-12-4-6-13(15-8-12)16-11(3)17/h4-8,10H,9H2,1-3H3,(H,15,16,17)/b7-5+. The van der Waals surface area contributed by atoms with Gasteiger partial charge in [0.1, 0.15) is 5.82 Å². The molecule has 5 heteroatoms. The van der Waals surface area contributed by atoms with Crippen LogP contribution in [0.5, 0.6) is 0 Å². The third-order valence-corrected chi connectivity index (χ3v) is 2.06. The number of aromatic nitrogens is 1. The van der Waals surface area contributed by atoms with Crippen molar-refractivity contribution in [3.05, 3.63) is 30.0 Å². The SMILES string of the molecule is CC(=O)Nc1ccc(/C=C/C(=O)OCC(C)C)cn1. The average Bonchev–Trinajstić information content (AvgIpc) is 2.35. The maximum Gasteiger partial charge on any atom is 0.330 e. The smallest absolute Gasteiger partial charge is 0.330 e. The molecular weight excluding hydrogens is 244 g/mol. The molecule has 0 bridgehead atoms. The van der Waals surface area contributed by atoms with Gasteiger partial charge in [-0.2, -0.15) is 0 Å². The summed E-state index contributed by atoms with van der Waals surface area (Å²) in [6, 6.07) is 3.42. The number of esters is 1. The summed E-state index contributed by atoms with van der Waals surface area (Å²) >= 11 is 0. The molecule has 102 valence electrons. The fourth-order valence-corrected chi connectivity index (χ4v) is 1.22. The van der Waals surface area contributed by atoms with Crippen LogP contribution < -0.4 is 5.32 Å². The van der Waals surface area contributed by atoms with Crippen molar-refractivity contribution >= 4 is 23.8 Å². The zero-order chi connectivity index (χ0) is 14.3. The van der Waals surface area contributed by atoms with E-state index in [2.05, 4.69) is 10.3 Å². The minimum Gasteiger partial charge on any atom is -0.462 e. The van der Waals surface area contributed by atoms with Gasteiger partial charge in [-0.05, 0) is 29.7 Å². The van der Waals surface area contributed by atoms with Crippen LogP contribution in [-0.2, 0) is 14.3 Å². The fourth-order valence-electron chi connectivity index (χ4n) is 1.22. The normalized spacial score (nSPS) is 10.7. The molecule has 0 unspecified atom stereocenters. The summed E-state index contributed by atoms with van der Waals surface area (Å²) in [6.45, 7) is 5.77. The van der Waals surface area contributed by atoms with E-state index >= 15 is 0 Å². The number of hydrogen-bond donors (Lipinski definition) is 1. The molecule has 0 saturated heterocycles. The minimum absolute atomic E-state index is 0.173. The first-order valence-corrected chi connectivity index (χ1v) is 6.06. The van der Waals surface area contributed by atoms with E-state index in [1.165, 1.54) is 13.0 Å². The summed E-state index contributed by atoms with van der Waals surface area (Å²) in [4.78, 5) is 26.2. The van der Waals surface area contributed by atoms with E-state index in [1.807, 2.05) is 13.8 Å².